The highest BCUT2D eigenvalue weighted by Gasteiger charge is 2.41. The van der Waals surface area contributed by atoms with Crippen LogP contribution in [0.3, 0.4) is 0 Å². The molecule has 106 valence electrons. The SMILES string of the molecule is C=CCON1C(=O)N2CC(n3cc(OC)cn3)=CC1C2. The van der Waals surface area contributed by atoms with Gasteiger partial charge in [-0.25, -0.2) is 9.48 Å². The van der Waals surface area contributed by atoms with Gasteiger partial charge < -0.3 is 9.64 Å². The van der Waals surface area contributed by atoms with Crippen LogP contribution in [0.25, 0.3) is 5.70 Å². The number of ether oxygens (including phenoxy) is 1. The lowest BCUT2D eigenvalue weighted by atomic mass is 10.2. The summed E-state index contributed by atoms with van der Waals surface area (Å²) in [6.07, 6.45) is 7.04. The highest BCUT2D eigenvalue weighted by Crippen LogP contribution is 2.27. The second-order valence-electron chi connectivity index (χ2n) is 4.62. The van der Waals surface area contributed by atoms with Crippen LogP contribution in [0.2, 0.25) is 0 Å². The van der Waals surface area contributed by atoms with E-state index in [0.29, 0.717) is 25.4 Å². The first-order chi connectivity index (χ1) is 9.72. The van der Waals surface area contributed by atoms with Crippen LogP contribution in [0.5, 0.6) is 5.75 Å². The van der Waals surface area contributed by atoms with E-state index in [1.807, 2.05) is 6.08 Å². The zero-order valence-electron chi connectivity index (χ0n) is 11.2. The van der Waals surface area contributed by atoms with Gasteiger partial charge in [0.25, 0.3) is 0 Å². The Morgan fingerprint density at radius 2 is 2.45 bits per heavy atom. The molecule has 1 unspecified atom stereocenters. The molecule has 0 spiro atoms. The van der Waals surface area contributed by atoms with Gasteiger partial charge in [-0.1, -0.05) is 6.08 Å². The molecule has 3 rings (SSSR count). The van der Waals surface area contributed by atoms with Crippen LogP contribution in [0.1, 0.15) is 0 Å². The van der Waals surface area contributed by atoms with Crippen molar-refractivity contribution in [1.29, 1.82) is 0 Å². The quantitative estimate of drug-likeness (QED) is 0.752. The van der Waals surface area contributed by atoms with Crippen molar-refractivity contribution >= 4 is 11.7 Å². The van der Waals surface area contributed by atoms with Crippen LogP contribution in [-0.2, 0) is 4.84 Å². The first-order valence-electron chi connectivity index (χ1n) is 6.34. The molecule has 2 aliphatic heterocycles. The van der Waals surface area contributed by atoms with Crippen molar-refractivity contribution in [3.63, 3.8) is 0 Å². The number of hydrogen-bond donors (Lipinski definition) is 0. The van der Waals surface area contributed by atoms with Crippen LogP contribution in [0.4, 0.5) is 4.79 Å². The van der Waals surface area contributed by atoms with Crippen molar-refractivity contribution in [2.24, 2.45) is 0 Å². The number of hydrogen-bond acceptors (Lipinski definition) is 4. The van der Waals surface area contributed by atoms with Crippen LogP contribution >= 0.6 is 0 Å². The third kappa shape index (κ3) is 2.05. The van der Waals surface area contributed by atoms with Crippen LogP contribution in [0.15, 0.2) is 31.1 Å². The van der Waals surface area contributed by atoms with Crippen LogP contribution in [0, 0.1) is 0 Å². The molecule has 3 heterocycles. The van der Waals surface area contributed by atoms with E-state index in [1.165, 1.54) is 5.06 Å². The van der Waals surface area contributed by atoms with Crippen LogP contribution in [-0.4, -0.2) is 58.6 Å². The summed E-state index contributed by atoms with van der Waals surface area (Å²) >= 11 is 0. The molecule has 7 heteroatoms. The minimum absolute atomic E-state index is 0.0959. The molecule has 1 saturated heterocycles. The number of carbonyl (C=O) groups excluding carboxylic acids is 1. The van der Waals surface area contributed by atoms with E-state index in [0.717, 1.165) is 5.70 Å². The summed E-state index contributed by atoms with van der Waals surface area (Å²) in [7, 11) is 1.60. The van der Waals surface area contributed by atoms with Crippen molar-refractivity contribution in [2.75, 3.05) is 26.8 Å². The maximum atomic E-state index is 12.1. The predicted octanol–water partition coefficient (Wildman–Crippen LogP) is 0.970. The Morgan fingerprint density at radius 1 is 1.60 bits per heavy atom. The minimum atomic E-state index is -0.123. The molecule has 0 N–H and O–H groups in total. The molecule has 0 aliphatic carbocycles. The fourth-order valence-electron chi connectivity index (χ4n) is 2.38. The zero-order chi connectivity index (χ0) is 14.1. The van der Waals surface area contributed by atoms with E-state index < -0.39 is 0 Å². The van der Waals surface area contributed by atoms with Gasteiger partial charge >= 0.3 is 6.03 Å². The summed E-state index contributed by atoms with van der Waals surface area (Å²) in [5.74, 6) is 0.685. The molecule has 0 aromatic carbocycles. The van der Waals surface area contributed by atoms with Gasteiger partial charge in [0, 0.05) is 6.54 Å². The number of methoxy groups -OCH3 is 1. The molecule has 1 fully saturated rings. The summed E-state index contributed by atoms with van der Waals surface area (Å²) < 4.78 is 6.84. The molecule has 0 saturated carbocycles. The van der Waals surface area contributed by atoms with Crippen molar-refractivity contribution in [3.8, 4) is 5.75 Å². The standard InChI is InChI=1S/C13H16N4O3/c1-3-4-20-17-11-5-10(7-15(8-11)13(17)18)16-9-12(19-2)6-14-16/h3,5-6,9,11H,1,4,7-8H2,2H3. The van der Waals surface area contributed by atoms with Gasteiger partial charge in [0.15, 0.2) is 5.75 Å². The summed E-state index contributed by atoms with van der Waals surface area (Å²) in [6.45, 7) is 5.05. The normalized spacial score (nSPS) is 21.1. The first-order valence-corrected chi connectivity index (χ1v) is 6.34. The third-order valence-electron chi connectivity index (χ3n) is 3.33. The average Bonchev–Trinajstić information content (AvgIpc) is 3.03. The van der Waals surface area contributed by atoms with E-state index in [9.17, 15) is 4.79 Å². The van der Waals surface area contributed by atoms with Gasteiger partial charge in [-0.3, -0.25) is 4.84 Å². The molecule has 2 bridgehead atoms. The Morgan fingerprint density at radius 3 is 3.15 bits per heavy atom. The van der Waals surface area contributed by atoms with E-state index in [2.05, 4.69) is 11.7 Å². The van der Waals surface area contributed by atoms with Crippen molar-refractivity contribution in [3.05, 3.63) is 31.1 Å². The number of nitrogens with zero attached hydrogens (tertiary/aromatic N) is 4. The third-order valence-corrected chi connectivity index (χ3v) is 3.33. The van der Waals surface area contributed by atoms with Gasteiger partial charge in [0.05, 0.1) is 44.4 Å². The molecule has 1 aromatic rings. The lowest BCUT2D eigenvalue weighted by molar-refractivity contribution is -0.107. The summed E-state index contributed by atoms with van der Waals surface area (Å²) in [4.78, 5) is 19.3. The molecule has 20 heavy (non-hydrogen) atoms. The van der Waals surface area contributed by atoms with Gasteiger partial charge in [-0.15, -0.1) is 6.58 Å². The first kappa shape index (κ1) is 12.7. The molecule has 2 aliphatic rings. The summed E-state index contributed by atoms with van der Waals surface area (Å²) in [5.41, 5.74) is 0.933. The molecule has 2 amide bonds. The number of hydroxylamine groups is 2. The van der Waals surface area contributed by atoms with E-state index >= 15 is 0 Å². The summed E-state index contributed by atoms with van der Waals surface area (Å²) in [6, 6.07) is -0.219. The monoisotopic (exact) mass is 276 g/mol. The lowest BCUT2D eigenvalue weighted by Crippen LogP contribution is -2.33. The number of rotatable bonds is 5. The molecule has 7 nitrogen and oxygen atoms in total. The van der Waals surface area contributed by atoms with E-state index in [4.69, 9.17) is 9.57 Å². The van der Waals surface area contributed by atoms with Gasteiger partial charge in [0.1, 0.15) is 0 Å². The van der Waals surface area contributed by atoms with Gasteiger partial charge in [-0.05, 0) is 6.08 Å². The molecule has 1 atom stereocenters. The molecule has 0 radical (unpaired) electrons. The Labute approximate surface area is 116 Å². The number of urea groups is 1. The average molecular weight is 276 g/mol. The molecular formula is C13H16N4O3. The van der Waals surface area contributed by atoms with E-state index in [1.54, 1.807) is 35.2 Å². The minimum Gasteiger partial charge on any atom is -0.493 e. The predicted molar refractivity (Wildman–Crippen MR) is 71.8 cm³/mol. The Hall–Kier alpha value is -2.28. The number of amides is 2. The van der Waals surface area contributed by atoms with E-state index in [-0.39, 0.29) is 12.1 Å². The Kier molecular flexibility index (Phi) is 3.19. The molecular weight excluding hydrogens is 260 g/mol. The van der Waals surface area contributed by atoms with Crippen molar-refractivity contribution < 1.29 is 14.4 Å². The van der Waals surface area contributed by atoms with Gasteiger partial charge in [-0.2, -0.15) is 10.2 Å². The molecule has 1 aromatic heterocycles. The van der Waals surface area contributed by atoms with Crippen LogP contribution < -0.4 is 4.74 Å². The number of aromatic nitrogens is 2. The zero-order valence-corrected chi connectivity index (χ0v) is 11.2. The highest BCUT2D eigenvalue weighted by molar-refractivity contribution is 5.80. The second-order valence-corrected chi connectivity index (χ2v) is 4.62. The fourth-order valence-corrected chi connectivity index (χ4v) is 2.38. The fraction of sp³-hybridized carbons (Fsp3) is 0.385. The highest BCUT2D eigenvalue weighted by atomic mass is 16.7. The topological polar surface area (TPSA) is 59.8 Å². The second kappa shape index (κ2) is 5.01. The Bertz CT molecular complexity index is 566. The maximum absolute atomic E-state index is 12.1. The van der Waals surface area contributed by atoms with Gasteiger partial charge in [0.2, 0.25) is 0 Å². The smallest absolute Gasteiger partial charge is 0.345 e. The number of carbonyl (C=O) groups is 1. The lowest BCUT2D eigenvalue weighted by Gasteiger charge is -2.21. The Balaban J connectivity index is 1.82. The summed E-state index contributed by atoms with van der Waals surface area (Å²) in [5, 5.41) is 5.63. The number of fused-ring (bicyclic) bond motifs is 2. The maximum Gasteiger partial charge on any atom is 0.345 e. The van der Waals surface area contributed by atoms with Crippen molar-refractivity contribution in [2.45, 2.75) is 6.04 Å². The van der Waals surface area contributed by atoms with Crippen molar-refractivity contribution in [1.82, 2.24) is 19.7 Å². The largest absolute Gasteiger partial charge is 0.493 e.